The topological polar surface area (TPSA) is 64.6 Å². The number of rotatable bonds is 8. The highest BCUT2D eigenvalue weighted by Crippen LogP contribution is 2.36. The van der Waals surface area contributed by atoms with Crippen molar-refractivity contribution in [2.24, 2.45) is 0 Å². The van der Waals surface area contributed by atoms with E-state index in [9.17, 15) is 8.42 Å². The maximum Gasteiger partial charge on any atom is 0.232 e. The molecule has 0 heterocycles. The van der Waals surface area contributed by atoms with Crippen molar-refractivity contribution in [2.75, 3.05) is 30.6 Å². The molecule has 1 rings (SSSR count). The number of unbranched alkanes of at least 4 members (excludes halogenated alkanes) is 1. The lowest BCUT2D eigenvalue weighted by molar-refractivity contribution is 0.396. The normalized spacial score (nSPS) is 11.2. The number of halogens is 2. The first-order valence-corrected chi connectivity index (χ1v) is 8.48. The number of hydrogen-bond acceptors (Lipinski definition) is 4. The summed E-state index contributed by atoms with van der Waals surface area (Å²) in [4.78, 5) is 0. The second kappa shape index (κ2) is 7.81. The number of methoxy groups -OCH3 is 2. The SMILES string of the molecule is COc1cc(OC)c(NS(=O)(=O)CCCCCl)cc1Cl. The number of anilines is 1. The van der Waals surface area contributed by atoms with Gasteiger partial charge in [0.05, 0.1) is 30.7 Å². The molecule has 8 heteroatoms. The Hall–Kier alpha value is -0.850. The molecule has 1 aromatic rings. The summed E-state index contributed by atoms with van der Waals surface area (Å²) in [5, 5.41) is 0.298. The van der Waals surface area contributed by atoms with Crippen LogP contribution >= 0.6 is 23.2 Å². The molecule has 0 fully saturated rings. The Balaban J connectivity index is 2.93. The number of ether oxygens (including phenoxy) is 2. The second-order valence-corrected chi connectivity index (χ2v) is 6.63. The van der Waals surface area contributed by atoms with Gasteiger partial charge in [0.25, 0.3) is 0 Å². The largest absolute Gasteiger partial charge is 0.495 e. The van der Waals surface area contributed by atoms with Crippen LogP contribution in [-0.4, -0.2) is 34.3 Å². The number of sulfonamides is 1. The minimum Gasteiger partial charge on any atom is -0.495 e. The molecule has 0 spiro atoms. The Morgan fingerprint density at radius 3 is 2.35 bits per heavy atom. The van der Waals surface area contributed by atoms with Crippen LogP contribution in [0.3, 0.4) is 0 Å². The van der Waals surface area contributed by atoms with E-state index in [2.05, 4.69) is 4.72 Å². The standard InChI is InChI=1S/C12H17Cl2NO4S/c1-18-11-8-12(19-2)10(7-9(11)14)15-20(16,17)6-4-3-5-13/h7-8,15H,3-6H2,1-2H3. The van der Waals surface area contributed by atoms with E-state index in [1.165, 1.54) is 26.4 Å². The van der Waals surface area contributed by atoms with Crippen LogP contribution < -0.4 is 14.2 Å². The summed E-state index contributed by atoms with van der Waals surface area (Å²) in [5.41, 5.74) is 0.282. The van der Waals surface area contributed by atoms with E-state index in [0.717, 1.165) is 0 Å². The summed E-state index contributed by atoms with van der Waals surface area (Å²) in [5.74, 6) is 1.18. The van der Waals surface area contributed by atoms with E-state index in [4.69, 9.17) is 32.7 Å². The maximum atomic E-state index is 11.9. The molecule has 0 amide bonds. The summed E-state index contributed by atoms with van der Waals surface area (Å²) in [6.45, 7) is 0. The van der Waals surface area contributed by atoms with Gasteiger partial charge in [-0.1, -0.05) is 11.6 Å². The van der Waals surface area contributed by atoms with E-state index < -0.39 is 10.0 Å². The third-order valence-electron chi connectivity index (χ3n) is 2.54. The molecule has 0 atom stereocenters. The molecule has 0 aliphatic rings. The van der Waals surface area contributed by atoms with Gasteiger partial charge in [0.15, 0.2) is 0 Å². The van der Waals surface area contributed by atoms with Gasteiger partial charge in [-0.05, 0) is 18.9 Å². The fourth-order valence-corrected chi connectivity index (χ4v) is 3.16. The molecule has 114 valence electrons. The van der Waals surface area contributed by atoms with Crippen LogP contribution in [0.4, 0.5) is 5.69 Å². The number of benzene rings is 1. The van der Waals surface area contributed by atoms with Crippen molar-refractivity contribution in [1.82, 2.24) is 0 Å². The molecule has 0 aliphatic carbocycles. The Morgan fingerprint density at radius 1 is 1.15 bits per heavy atom. The summed E-state index contributed by atoms with van der Waals surface area (Å²) in [6.07, 6.45) is 1.13. The van der Waals surface area contributed by atoms with Gasteiger partial charge in [0.1, 0.15) is 11.5 Å². The Kier molecular flexibility index (Phi) is 6.71. The highest BCUT2D eigenvalue weighted by molar-refractivity contribution is 7.92. The number of nitrogens with one attached hydrogen (secondary N) is 1. The first-order chi connectivity index (χ1) is 9.43. The van der Waals surface area contributed by atoms with Crippen LogP contribution in [0.5, 0.6) is 11.5 Å². The van der Waals surface area contributed by atoms with Crippen LogP contribution in [-0.2, 0) is 10.0 Å². The molecule has 0 radical (unpaired) electrons. The average molecular weight is 342 g/mol. The highest BCUT2D eigenvalue weighted by Gasteiger charge is 2.16. The van der Waals surface area contributed by atoms with E-state index in [1.54, 1.807) is 0 Å². The molecule has 1 N–H and O–H groups in total. The zero-order valence-electron chi connectivity index (χ0n) is 11.3. The van der Waals surface area contributed by atoms with Gasteiger partial charge in [-0.3, -0.25) is 4.72 Å². The Morgan fingerprint density at radius 2 is 1.80 bits per heavy atom. The molecule has 0 aliphatic heterocycles. The summed E-state index contributed by atoms with van der Waals surface area (Å²) in [7, 11) is -0.557. The highest BCUT2D eigenvalue weighted by atomic mass is 35.5. The van der Waals surface area contributed by atoms with Gasteiger partial charge in [0, 0.05) is 11.9 Å². The van der Waals surface area contributed by atoms with Crippen molar-refractivity contribution in [1.29, 1.82) is 0 Å². The van der Waals surface area contributed by atoms with Crippen molar-refractivity contribution in [3.8, 4) is 11.5 Å². The van der Waals surface area contributed by atoms with Crippen LogP contribution in [0.1, 0.15) is 12.8 Å². The van der Waals surface area contributed by atoms with Gasteiger partial charge >= 0.3 is 0 Å². The second-order valence-electron chi connectivity index (χ2n) is 4.00. The van der Waals surface area contributed by atoms with Crippen LogP contribution in [0.2, 0.25) is 5.02 Å². The summed E-state index contributed by atoms with van der Waals surface area (Å²) < 4.78 is 36.5. The Labute approximate surface area is 129 Å². The average Bonchev–Trinajstić information content (AvgIpc) is 2.38. The maximum absolute atomic E-state index is 11.9. The van der Waals surface area contributed by atoms with Crippen molar-refractivity contribution in [3.63, 3.8) is 0 Å². The molecule has 0 saturated carbocycles. The lowest BCUT2D eigenvalue weighted by atomic mass is 10.3. The zero-order chi connectivity index (χ0) is 15.2. The summed E-state index contributed by atoms with van der Waals surface area (Å²) in [6, 6.07) is 2.98. The fourth-order valence-electron chi connectivity index (χ4n) is 1.54. The molecule has 5 nitrogen and oxygen atoms in total. The quantitative estimate of drug-likeness (QED) is 0.582. The molecular weight excluding hydrogens is 325 g/mol. The van der Waals surface area contributed by atoms with Gasteiger partial charge in [0.2, 0.25) is 10.0 Å². The summed E-state index contributed by atoms with van der Waals surface area (Å²) >= 11 is 11.5. The third kappa shape index (κ3) is 4.92. The molecule has 0 aromatic heterocycles. The molecule has 0 unspecified atom stereocenters. The van der Waals surface area contributed by atoms with Crippen LogP contribution in [0.25, 0.3) is 0 Å². The van der Waals surface area contributed by atoms with Crippen molar-refractivity contribution >= 4 is 38.9 Å². The third-order valence-corrected chi connectivity index (χ3v) is 4.46. The van der Waals surface area contributed by atoms with Crippen LogP contribution in [0.15, 0.2) is 12.1 Å². The lowest BCUT2D eigenvalue weighted by Gasteiger charge is -2.14. The first kappa shape index (κ1) is 17.2. The van der Waals surface area contributed by atoms with Gasteiger partial charge in [-0.15, -0.1) is 11.6 Å². The van der Waals surface area contributed by atoms with Gasteiger partial charge in [-0.2, -0.15) is 0 Å². The number of hydrogen-bond donors (Lipinski definition) is 1. The van der Waals surface area contributed by atoms with E-state index >= 15 is 0 Å². The van der Waals surface area contributed by atoms with E-state index in [1.807, 2.05) is 0 Å². The molecule has 1 aromatic carbocycles. The van der Waals surface area contributed by atoms with Crippen molar-refractivity contribution in [2.45, 2.75) is 12.8 Å². The molecule has 0 bridgehead atoms. The van der Waals surface area contributed by atoms with Crippen LogP contribution in [0, 0.1) is 0 Å². The smallest absolute Gasteiger partial charge is 0.232 e. The lowest BCUT2D eigenvalue weighted by Crippen LogP contribution is -2.17. The fraction of sp³-hybridized carbons (Fsp3) is 0.500. The minimum atomic E-state index is -3.46. The Bertz CT molecular complexity index is 549. The zero-order valence-corrected chi connectivity index (χ0v) is 13.6. The monoisotopic (exact) mass is 341 g/mol. The predicted octanol–water partition coefficient (Wildman–Crippen LogP) is 3.12. The minimum absolute atomic E-state index is 0.00742. The number of alkyl halides is 1. The molecular formula is C12H17Cl2NO4S. The predicted molar refractivity (Wildman–Crippen MR) is 81.9 cm³/mol. The van der Waals surface area contributed by atoms with Gasteiger partial charge in [-0.25, -0.2) is 8.42 Å². The van der Waals surface area contributed by atoms with E-state index in [0.29, 0.717) is 35.2 Å². The van der Waals surface area contributed by atoms with Crippen molar-refractivity contribution < 1.29 is 17.9 Å². The van der Waals surface area contributed by atoms with E-state index in [-0.39, 0.29) is 11.4 Å². The molecule has 0 saturated heterocycles. The van der Waals surface area contributed by atoms with Crippen molar-refractivity contribution in [3.05, 3.63) is 17.2 Å². The molecule has 20 heavy (non-hydrogen) atoms. The first-order valence-electron chi connectivity index (χ1n) is 5.91. The van der Waals surface area contributed by atoms with Gasteiger partial charge < -0.3 is 9.47 Å².